The summed E-state index contributed by atoms with van der Waals surface area (Å²) < 4.78 is 11.8. The molecule has 1 aliphatic heterocycles. The Kier molecular flexibility index (Phi) is 4.94. The summed E-state index contributed by atoms with van der Waals surface area (Å²) in [5.41, 5.74) is 0.710. The van der Waals surface area contributed by atoms with E-state index in [1.165, 1.54) is 7.11 Å². The van der Waals surface area contributed by atoms with Gasteiger partial charge in [0.1, 0.15) is 6.10 Å². The van der Waals surface area contributed by atoms with Crippen LogP contribution in [0.4, 0.5) is 0 Å². The predicted octanol–water partition coefficient (Wildman–Crippen LogP) is 2.38. The molecule has 0 radical (unpaired) electrons. The first-order chi connectivity index (χ1) is 11.2. The van der Waals surface area contributed by atoms with Crippen LogP contribution in [0.5, 0.6) is 11.8 Å². The van der Waals surface area contributed by atoms with E-state index in [0.717, 1.165) is 9.99 Å². The van der Waals surface area contributed by atoms with Crippen LogP contribution < -0.4 is 9.47 Å². The molecule has 23 heavy (non-hydrogen) atoms. The van der Waals surface area contributed by atoms with Gasteiger partial charge < -0.3 is 14.4 Å². The monoisotopic (exact) mass is 425 g/mol. The molecular formula is C16H16IN3O3. The topological polar surface area (TPSA) is 64.6 Å². The molecule has 1 saturated heterocycles. The van der Waals surface area contributed by atoms with Crippen molar-refractivity contribution in [3.05, 3.63) is 45.5 Å². The van der Waals surface area contributed by atoms with Gasteiger partial charge in [0.2, 0.25) is 11.8 Å². The molecule has 3 rings (SSSR count). The number of carbonyl (C=O) groups excluding carboxylic acids is 1. The highest BCUT2D eigenvalue weighted by atomic mass is 127. The van der Waals surface area contributed by atoms with Gasteiger partial charge in [0.15, 0.2) is 0 Å². The zero-order chi connectivity index (χ0) is 16.2. The summed E-state index contributed by atoms with van der Waals surface area (Å²) in [4.78, 5) is 14.3. The normalized spacial score (nSPS) is 17.1. The standard InChI is InChI=1S/C16H16IN3O3/c1-22-14-5-6-15(19-18-14)23-13-7-8-20(10-13)16(21)11-3-2-4-12(17)9-11/h2-6,9,13H,7-8,10H2,1H3. The van der Waals surface area contributed by atoms with Crippen LogP contribution in [-0.2, 0) is 0 Å². The second kappa shape index (κ2) is 7.12. The van der Waals surface area contributed by atoms with E-state index in [4.69, 9.17) is 9.47 Å². The van der Waals surface area contributed by atoms with Crippen molar-refractivity contribution >= 4 is 28.5 Å². The molecule has 0 bridgehead atoms. The fourth-order valence-corrected chi connectivity index (χ4v) is 3.01. The molecule has 1 unspecified atom stereocenters. The lowest BCUT2D eigenvalue weighted by Crippen LogP contribution is -2.31. The molecule has 1 fully saturated rings. The van der Waals surface area contributed by atoms with Crippen molar-refractivity contribution in [2.75, 3.05) is 20.2 Å². The van der Waals surface area contributed by atoms with Crippen LogP contribution in [0, 0.1) is 3.57 Å². The van der Waals surface area contributed by atoms with Gasteiger partial charge in [-0.25, -0.2) is 0 Å². The van der Waals surface area contributed by atoms with E-state index in [2.05, 4.69) is 32.8 Å². The van der Waals surface area contributed by atoms with E-state index in [-0.39, 0.29) is 12.0 Å². The molecule has 1 atom stereocenters. The molecule has 0 saturated carbocycles. The Morgan fingerprint density at radius 1 is 1.26 bits per heavy atom. The summed E-state index contributed by atoms with van der Waals surface area (Å²) in [7, 11) is 1.54. The van der Waals surface area contributed by atoms with E-state index in [1.807, 2.05) is 29.2 Å². The first-order valence-electron chi connectivity index (χ1n) is 7.25. The van der Waals surface area contributed by atoms with E-state index < -0.39 is 0 Å². The fraction of sp³-hybridized carbons (Fsp3) is 0.312. The van der Waals surface area contributed by atoms with Crippen molar-refractivity contribution in [3.8, 4) is 11.8 Å². The molecule has 1 amide bonds. The van der Waals surface area contributed by atoms with Crippen LogP contribution in [0.1, 0.15) is 16.8 Å². The number of likely N-dealkylation sites (tertiary alicyclic amines) is 1. The van der Waals surface area contributed by atoms with Crippen LogP contribution >= 0.6 is 22.6 Å². The molecule has 6 nitrogen and oxygen atoms in total. The minimum Gasteiger partial charge on any atom is -0.480 e. The van der Waals surface area contributed by atoms with Crippen molar-refractivity contribution in [1.29, 1.82) is 0 Å². The van der Waals surface area contributed by atoms with Crippen molar-refractivity contribution in [1.82, 2.24) is 15.1 Å². The molecule has 7 heteroatoms. The number of amides is 1. The van der Waals surface area contributed by atoms with E-state index in [9.17, 15) is 4.79 Å². The molecule has 1 aromatic carbocycles. The van der Waals surface area contributed by atoms with Crippen LogP contribution in [0.25, 0.3) is 0 Å². The van der Waals surface area contributed by atoms with Gasteiger partial charge in [-0.1, -0.05) is 6.07 Å². The van der Waals surface area contributed by atoms with Gasteiger partial charge in [-0.05, 0) is 40.8 Å². The Labute approximate surface area is 147 Å². The maximum atomic E-state index is 12.5. The summed E-state index contributed by atoms with van der Waals surface area (Å²) in [5.74, 6) is 0.925. The molecule has 1 aromatic heterocycles. The summed E-state index contributed by atoms with van der Waals surface area (Å²) >= 11 is 2.21. The number of halogens is 1. The number of hydrogen-bond donors (Lipinski definition) is 0. The lowest BCUT2D eigenvalue weighted by molar-refractivity contribution is 0.0771. The second-order valence-corrected chi connectivity index (χ2v) is 6.45. The number of carbonyl (C=O) groups is 1. The zero-order valence-electron chi connectivity index (χ0n) is 12.6. The number of methoxy groups -OCH3 is 1. The fourth-order valence-electron chi connectivity index (χ4n) is 2.46. The third-order valence-electron chi connectivity index (χ3n) is 3.62. The largest absolute Gasteiger partial charge is 0.480 e. The third kappa shape index (κ3) is 3.90. The van der Waals surface area contributed by atoms with Crippen LogP contribution in [0.15, 0.2) is 36.4 Å². The smallest absolute Gasteiger partial charge is 0.254 e. The quantitative estimate of drug-likeness (QED) is 0.705. The Balaban J connectivity index is 1.60. The van der Waals surface area contributed by atoms with Gasteiger partial charge >= 0.3 is 0 Å². The van der Waals surface area contributed by atoms with Crippen LogP contribution in [0.2, 0.25) is 0 Å². The first-order valence-corrected chi connectivity index (χ1v) is 8.33. The first kappa shape index (κ1) is 16.0. The minimum absolute atomic E-state index is 0.0374. The highest BCUT2D eigenvalue weighted by Crippen LogP contribution is 2.19. The molecule has 0 spiro atoms. The summed E-state index contributed by atoms with van der Waals surface area (Å²) in [6, 6.07) is 11.0. The highest BCUT2D eigenvalue weighted by Gasteiger charge is 2.28. The maximum absolute atomic E-state index is 12.5. The summed E-state index contributed by atoms with van der Waals surface area (Å²) in [6.45, 7) is 1.23. The molecule has 120 valence electrons. The number of rotatable bonds is 4. The van der Waals surface area contributed by atoms with Crippen LogP contribution in [0.3, 0.4) is 0 Å². The molecule has 2 aromatic rings. The summed E-state index contributed by atoms with van der Waals surface area (Å²) in [6.07, 6.45) is 0.716. The average molecular weight is 425 g/mol. The molecule has 2 heterocycles. The Morgan fingerprint density at radius 3 is 2.74 bits per heavy atom. The third-order valence-corrected chi connectivity index (χ3v) is 4.29. The lowest BCUT2D eigenvalue weighted by Gasteiger charge is -2.17. The van der Waals surface area contributed by atoms with Crippen LogP contribution in [-0.4, -0.2) is 47.3 Å². The van der Waals surface area contributed by atoms with E-state index >= 15 is 0 Å². The van der Waals surface area contributed by atoms with Gasteiger partial charge in [-0.15, -0.1) is 10.2 Å². The Bertz CT molecular complexity index is 693. The van der Waals surface area contributed by atoms with Crippen molar-refractivity contribution in [3.63, 3.8) is 0 Å². The summed E-state index contributed by atoms with van der Waals surface area (Å²) in [5, 5.41) is 7.82. The van der Waals surface area contributed by atoms with Crippen molar-refractivity contribution in [2.24, 2.45) is 0 Å². The zero-order valence-corrected chi connectivity index (χ0v) is 14.8. The van der Waals surface area contributed by atoms with Crippen molar-refractivity contribution < 1.29 is 14.3 Å². The number of nitrogens with zero attached hydrogens (tertiary/aromatic N) is 3. The number of aromatic nitrogens is 2. The SMILES string of the molecule is COc1ccc(OC2CCN(C(=O)c3cccc(I)c3)C2)nn1. The predicted molar refractivity (Wildman–Crippen MR) is 92.7 cm³/mol. The molecular weight excluding hydrogens is 409 g/mol. The van der Waals surface area contributed by atoms with Gasteiger partial charge in [0.25, 0.3) is 5.91 Å². The minimum atomic E-state index is -0.0653. The van der Waals surface area contributed by atoms with Gasteiger partial charge in [-0.3, -0.25) is 4.79 Å². The van der Waals surface area contributed by atoms with Gasteiger partial charge in [0, 0.05) is 34.2 Å². The van der Waals surface area contributed by atoms with Gasteiger partial charge in [-0.2, -0.15) is 0 Å². The second-order valence-electron chi connectivity index (χ2n) is 5.20. The number of hydrogen-bond acceptors (Lipinski definition) is 5. The molecule has 0 aliphatic carbocycles. The average Bonchev–Trinajstić information content (AvgIpc) is 3.03. The van der Waals surface area contributed by atoms with Crippen molar-refractivity contribution in [2.45, 2.75) is 12.5 Å². The Morgan fingerprint density at radius 2 is 2.04 bits per heavy atom. The lowest BCUT2D eigenvalue weighted by atomic mass is 10.2. The Hall–Kier alpha value is -1.90. The number of ether oxygens (including phenoxy) is 2. The van der Waals surface area contributed by atoms with E-state index in [1.54, 1.807) is 12.1 Å². The maximum Gasteiger partial charge on any atom is 0.254 e. The highest BCUT2D eigenvalue weighted by molar-refractivity contribution is 14.1. The molecule has 0 N–H and O–H groups in total. The number of benzene rings is 1. The molecule has 1 aliphatic rings. The van der Waals surface area contributed by atoms with E-state index in [0.29, 0.717) is 30.4 Å². The van der Waals surface area contributed by atoms with Gasteiger partial charge in [0.05, 0.1) is 13.7 Å².